The molecule has 0 bridgehead atoms. The third-order valence-corrected chi connectivity index (χ3v) is 9.44. The monoisotopic (exact) mass is 653 g/mol. The molecule has 0 aliphatic rings. The number of para-hydroxylation sites is 2. The molecule has 0 aliphatic heterocycles. The van der Waals surface area contributed by atoms with Gasteiger partial charge in [0.1, 0.15) is 18.3 Å². The minimum absolute atomic E-state index is 0.000647. The van der Waals surface area contributed by atoms with Crippen molar-refractivity contribution in [3.63, 3.8) is 0 Å². The fraction of sp³-hybridized carbons (Fsp3) is 0.212. The number of rotatable bonds is 13. The molecule has 4 aromatic rings. The Morgan fingerprint density at radius 1 is 0.841 bits per heavy atom. The van der Waals surface area contributed by atoms with Gasteiger partial charge in [-0.15, -0.1) is 0 Å². The van der Waals surface area contributed by atoms with Crippen LogP contribution in [0.25, 0.3) is 0 Å². The molecular formula is C33H33Cl2N3O5S. The van der Waals surface area contributed by atoms with Crippen LogP contribution in [0.5, 0.6) is 5.75 Å². The molecule has 0 saturated carbocycles. The Labute approximate surface area is 268 Å². The Balaban J connectivity index is 1.83. The molecule has 0 heterocycles. The van der Waals surface area contributed by atoms with Crippen molar-refractivity contribution in [3.8, 4) is 5.75 Å². The Morgan fingerprint density at radius 3 is 2.11 bits per heavy atom. The standard InChI is InChI=1S/C33H33Cl2N3O5S/c1-3-36-33(40)30(21-24-12-6-4-7-13-24)37(22-25-18-19-27(34)28(35)20-25)32(39)23-38(29-16-10-11-17-31(29)43-2)44(41,42)26-14-8-5-9-15-26/h4-20,30H,3,21-23H2,1-2H3,(H,36,40)/t30-/m0/s1. The Bertz CT molecular complexity index is 1690. The van der Waals surface area contributed by atoms with E-state index < -0.39 is 28.5 Å². The van der Waals surface area contributed by atoms with E-state index in [0.717, 1.165) is 9.87 Å². The van der Waals surface area contributed by atoms with Crippen molar-refractivity contribution in [2.45, 2.75) is 30.8 Å². The van der Waals surface area contributed by atoms with Crippen molar-refractivity contribution in [1.29, 1.82) is 0 Å². The van der Waals surface area contributed by atoms with E-state index in [4.69, 9.17) is 27.9 Å². The van der Waals surface area contributed by atoms with Crippen molar-refractivity contribution < 1.29 is 22.7 Å². The topological polar surface area (TPSA) is 96.0 Å². The van der Waals surface area contributed by atoms with Crippen LogP contribution in [-0.2, 0) is 32.6 Å². The molecule has 1 N–H and O–H groups in total. The van der Waals surface area contributed by atoms with E-state index in [9.17, 15) is 18.0 Å². The quantitative estimate of drug-likeness (QED) is 0.192. The number of carbonyl (C=O) groups excluding carboxylic acids is 2. The summed E-state index contributed by atoms with van der Waals surface area (Å²) in [6.07, 6.45) is 0.194. The molecule has 11 heteroatoms. The lowest BCUT2D eigenvalue weighted by molar-refractivity contribution is -0.140. The first-order valence-corrected chi connectivity index (χ1v) is 16.1. The summed E-state index contributed by atoms with van der Waals surface area (Å²) in [4.78, 5) is 29.4. The van der Waals surface area contributed by atoms with Crippen LogP contribution in [-0.4, -0.2) is 51.4 Å². The fourth-order valence-electron chi connectivity index (χ4n) is 4.75. The first-order chi connectivity index (χ1) is 21.1. The molecule has 0 saturated heterocycles. The molecule has 4 aromatic carbocycles. The number of carbonyl (C=O) groups is 2. The average Bonchev–Trinajstić information content (AvgIpc) is 3.04. The first-order valence-electron chi connectivity index (χ1n) is 13.9. The van der Waals surface area contributed by atoms with Crippen LogP contribution in [0.2, 0.25) is 10.0 Å². The number of methoxy groups -OCH3 is 1. The van der Waals surface area contributed by atoms with Gasteiger partial charge in [-0.3, -0.25) is 13.9 Å². The number of nitrogens with one attached hydrogen (secondary N) is 1. The van der Waals surface area contributed by atoms with Crippen molar-refractivity contribution in [2.24, 2.45) is 0 Å². The average molecular weight is 655 g/mol. The van der Waals surface area contributed by atoms with Crippen LogP contribution in [0, 0.1) is 0 Å². The van der Waals surface area contributed by atoms with Gasteiger partial charge in [0.05, 0.1) is 27.7 Å². The zero-order valence-electron chi connectivity index (χ0n) is 24.3. The highest BCUT2D eigenvalue weighted by Crippen LogP contribution is 2.33. The molecule has 0 fully saturated rings. The molecule has 0 aliphatic carbocycles. The highest BCUT2D eigenvalue weighted by Gasteiger charge is 2.35. The van der Waals surface area contributed by atoms with Crippen LogP contribution in [0.1, 0.15) is 18.1 Å². The van der Waals surface area contributed by atoms with Gasteiger partial charge in [0.2, 0.25) is 11.8 Å². The van der Waals surface area contributed by atoms with Crippen LogP contribution in [0.3, 0.4) is 0 Å². The van der Waals surface area contributed by atoms with Gasteiger partial charge < -0.3 is 15.0 Å². The molecule has 0 spiro atoms. The lowest BCUT2D eigenvalue weighted by Crippen LogP contribution is -2.53. The molecule has 230 valence electrons. The van der Waals surface area contributed by atoms with Gasteiger partial charge in [-0.05, 0) is 54.4 Å². The van der Waals surface area contributed by atoms with E-state index in [0.29, 0.717) is 17.1 Å². The second-order valence-corrected chi connectivity index (χ2v) is 12.5. The number of hydrogen-bond donors (Lipinski definition) is 1. The lowest BCUT2D eigenvalue weighted by Gasteiger charge is -2.34. The van der Waals surface area contributed by atoms with Crippen molar-refractivity contribution in [3.05, 3.63) is 124 Å². The minimum Gasteiger partial charge on any atom is -0.495 e. The summed E-state index contributed by atoms with van der Waals surface area (Å²) < 4.78 is 34.7. The highest BCUT2D eigenvalue weighted by molar-refractivity contribution is 7.92. The zero-order chi connectivity index (χ0) is 31.7. The van der Waals surface area contributed by atoms with Gasteiger partial charge in [-0.2, -0.15) is 0 Å². The van der Waals surface area contributed by atoms with Gasteiger partial charge >= 0.3 is 0 Å². The molecular weight excluding hydrogens is 621 g/mol. The van der Waals surface area contributed by atoms with Crippen LogP contribution in [0.4, 0.5) is 5.69 Å². The number of sulfonamides is 1. The number of anilines is 1. The van der Waals surface area contributed by atoms with Crippen molar-refractivity contribution in [1.82, 2.24) is 10.2 Å². The van der Waals surface area contributed by atoms with E-state index >= 15 is 0 Å². The molecule has 1 atom stereocenters. The largest absolute Gasteiger partial charge is 0.495 e. The number of benzene rings is 4. The van der Waals surface area contributed by atoms with Gasteiger partial charge in [0, 0.05) is 19.5 Å². The molecule has 2 amide bonds. The third kappa shape index (κ3) is 7.91. The summed E-state index contributed by atoms with van der Waals surface area (Å²) >= 11 is 12.5. The molecule has 8 nitrogen and oxygen atoms in total. The Hall–Kier alpha value is -4.05. The highest BCUT2D eigenvalue weighted by atomic mass is 35.5. The van der Waals surface area contributed by atoms with Crippen molar-refractivity contribution in [2.75, 3.05) is 24.5 Å². The minimum atomic E-state index is -4.25. The number of hydrogen-bond acceptors (Lipinski definition) is 5. The van der Waals surface area contributed by atoms with E-state index in [1.807, 2.05) is 30.3 Å². The van der Waals surface area contributed by atoms with Gasteiger partial charge in [-0.25, -0.2) is 8.42 Å². The van der Waals surface area contributed by atoms with E-state index in [-0.39, 0.29) is 40.2 Å². The van der Waals surface area contributed by atoms with Gasteiger partial charge in [0.25, 0.3) is 10.0 Å². The van der Waals surface area contributed by atoms with E-state index in [1.54, 1.807) is 67.6 Å². The summed E-state index contributed by atoms with van der Waals surface area (Å²) in [6, 6.07) is 27.7. The smallest absolute Gasteiger partial charge is 0.264 e. The van der Waals surface area contributed by atoms with Gasteiger partial charge in [0.15, 0.2) is 0 Å². The Kier molecular flexibility index (Phi) is 11.3. The maximum absolute atomic E-state index is 14.4. The maximum atomic E-state index is 14.4. The maximum Gasteiger partial charge on any atom is 0.264 e. The molecule has 0 radical (unpaired) electrons. The first kappa shape index (κ1) is 32.9. The summed E-state index contributed by atoms with van der Waals surface area (Å²) in [6.45, 7) is 1.49. The predicted octanol–water partition coefficient (Wildman–Crippen LogP) is 5.97. The summed E-state index contributed by atoms with van der Waals surface area (Å²) in [5, 5.41) is 3.47. The molecule has 4 rings (SSSR count). The number of ether oxygens (including phenoxy) is 1. The number of amides is 2. The van der Waals surface area contributed by atoms with Crippen molar-refractivity contribution >= 4 is 50.7 Å². The predicted molar refractivity (Wildman–Crippen MR) is 174 cm³/mol. The molecule has 44 heavy (non-hydrogen) atoms. The third-order valence-electron chi connectivity index (χ3n) is 6.92. The zero-order valence-corrected chi connectivity index (χ0v) is 26.6. The van der Waals surface area contributed by atoms with Crippen LogP contribution in [0.15, 0.2) is 108 Å². The fourth-order valence-corrected chi connectivity index (χ4v) is 6.52. The van der Waals surface area contributed by atoms with Crippen LogP contribution >= 0.6 is 23.2 Å². The van der Waals surface area contributed by atoms with Crippen LogP contribution < -0.4 is 14.4 Å². The second kappa shape index (κ2) is 15.1. The second-order valence-electron chi connectivity index (χ2n) is 9.87. The summed E-state index contributed by atoms with van der Waals surface area (Å²) in [5.41, 5.74) is 1.62. The van der Waals surface area contributed by atoms with Gasteiger partial charge in [-0.1, -0.05) is 89.9 Å². The van der Waals surface area contributed by atoms with E-state index in [1.165, 1.54) is 24.1 Å². The van der Waals surface area contributed by atoms with E-state index in [2.05, 4.69) is 5.32 Å². The normalized spacial score (nSPS) is 11.8. The number of nitrogens with zero attached hydrogens (tertiary/aromatic N) is 2. The lowest BCUT2D eigenvalue weighted by atomic mass is 10.0. The summed E-state index contributed by atoms with van der Waals surface area (Å²) in [7, 11) is -2.82. The number of halogens is 2. The Morgan fingerprint density at radius 2 is 1.48 bits per heavy atom. The molecule has 0 unspecified atom stereocenters. The summed E-state index contributed by atoms with van der Waals surface area (Å²) in [5.74, 6) is -0.714. The number of likely N-dealkylation sites (N-methyl/N-ethyl adjacent to an activating group) is 1. The SMILES string of the molecule is CCNC(=O)[C@H](Cc1ccccc1)N(Cc1ccc(Cl)c(Cl)c1)C(=O)CN(c1ccccc1OC)S(=O)(=O)c1ccccc1. The molecule has 0 aromatic heterocycles.